The molecule has 0 spiro atoms. The van der Waals surface area contributed by atoms with Crippen molar-refractivity contribution in [3.05, 3.63) is 34.9 Å². The first-order valence-electron chi connectivity index (χ1n) is 5.74. The highest BCUT2D eigenvalue weighted by Crippen LogP contribution is 2.22. The van der Waals surface area contributed by atoms with E-state index in [1.807, 2.05) is 26.8 Å². The summed E-state index contributed by atoms with van der Waals surface area (Å²) in [7, 11) is -3.51. The van der Waals surface area contributed by atoms with Crippen molar-refractivity contribution in [2.24, 2.45) is 0 Å². The Hall–Kier alpha value is -1.33. The van der Waals surface area contributed by atoms with Gasteiger partial charge in [0.25, 0.3) is 0 Å². The van der Waals surface area contributed by atoms with E-state index in [1.54, 1.807) is 19.1 Å². The molecule has 0 aliphatic heterocycles. The van der Waals surface area contributed by atoms with Gasteiger partial charge in [-0.3, -0.25) is 0 Å². The molecule has 1 aromatic rings. The summed E-state index contributed by atoms with van der Waals surface area (Å²) in [6.07, 6.45) is 1.83. The van der Waals surface area contributed by atoms with Crippen molar-refractivity contribution in [2.45, 2.75) is 32.6 Å². The summed E-state index contributed by atoms with van der Waals surface area (Å²) >= 11 is 0. The first-order chi connectivity index (χ1) is 8.24. The Morgan fingerprint density at radius 2 is 1.94 bits per heavy atom. The van der Waals surface area contributed by atoms with E-state index in [2.05, 4.69) is 4.72 Å². The molecule has 0 amide bonds. The Morgan fingerprint density at radius 3 is 2.50 bits per heavy atom. The van der Waals surface area contributed by atoms with Crippen LogP contribution in [0.4, 0.5) is 5.69 Å². The highest BCUT2D eigenvalue weighted by atomic mass is 32.2. The predicted octanol–water partition coefficient (Wildman–Crippen LogP) is 2.13. The Bertz CT molecular complexity index is 571. The third-order valence-corrected chi connectivity index (χ3v) is 4.17. The average molecular weight is 268 g/mol. The Kier molecular flexibility index (Phi) is 4.53. The molecule has 1 aromatic carbocycles. The zero-order valence-electron chi connectivity index (χ0n) is 11.2. The lowest BCUT2D eigenvalue weighted by Gasteiger charge is -2.11. The molecule has 0 saturated carbocycles. The number of allylic oxidation sites excluding steroid dienone is 1. The summed E-state index contributed by atoms with van der Waals surface area (Å²) in [6.45, 7) is 7.67. The Labute approximate surface area is 109 Å². The molecule has 0 fully saturated rings. The molecule has 5 heteroatoms. The summed E-state index contributed by atoms with van der Waals surface area (Å²) in [6, 6.07) is 3.40. The van der Waals surface area contributed by atoms with Crippen LogP contribution in [0.2, 0.25) is 0 Å². The van der Waals surface area contributed by atoms with E-state index >= 15 is 0 Å². The Morgan fingerprint density at radius 1 is 1.33 bits per heavy atom. The van der Waals surface area contributed by atoms with E-state index in [0.29, 0.717) is 11.3 Å². The molecule has 0 aliphatic carbocycles. The zero-order chi connectivity index (χ0) is 13.9. The van der Waals surface area contributed by atoms with Gasteiger partial charge in [0.15, 0.2) is 0 Å². The summed E-state index contributed by atoms with van der Waals surface area (Å²) < 4.78 is 26.8. The number of rotatable bonds is 4. The number of nitrogen functional groups attached to an aromatic ring is 1. The van der Waals surface area contributed by atoms with Gasteiger partial charge in [-0.1, -0.05) is 11.6 Å². The molecular weight excluding hydrogens is 248 g/mol. The summed E-state index contributed by atoms with van der Waals surface area (Å²) in [4.78, 5) is 0.252. The van der Waals surface area contributed by atoms with Crippen LogP contribution in [0.15, 0.2) is 28.7 Å². The first-order valence-corrected chi connectivity index (χ1v) is 7.22. The molecular formula is C13H20N2O2S. The van der Waals surface area contributed by atoms with Gasteiger partial charge >= 0.3 is 0 Å². The maximum atomic E-state index is 12.1. The van der Waals surface area contributed by atoms with Crippen molar-refractivity contribution in [2.75, 3.05) is 12.3 Å². The minimum absolute atomic E-state index is 0.252. The van der Waals surface area contributed by atoms with Crippen LogP contribution in [-0.4, -0.2) is 15.0 Å². The molecule has 3 N–H and O–H groups in total. The molecule has 0 aliphatic rings. The maximum absolute atomic E-state index is 12.1. The van der Waals surface area contributed by atoms with Crippen molar-refractivity contribution in [3.63, 3.8) is 0 Å². The number of sulfonamides is 1. The van der Waals surface area contributed by atoms with Crippen molar-refractivity contribution in [1.29, 1.82) is 0 Å². The lowest BCUT2D eigenvalue weighted by atomic mass is 10.1. The summed E-state index contributed by atoms with van der Waals surface area (Å²) in [5, 5.41) is 0. The van der Waals surface area contributed by atoms with Crippen LogP contribution in [-0.2, 0) is 10.0 Å². The highest BCUT2D eigenvalue weighted by Gasteiger charge is 2.17. The molecule has 0 saturated heterocycles. The topological polar surface area (TPSA) is 72.2 Å². The molecule has 0 aromatic heterocycles. The van der Waals surface area contributed by atoms with Gasteiger partial charge in [-0.05, 0) is 51.0 Å². The smallest absolute Gasteiger partial charge is 0.241 e. The minimum atomic E-state index is -3.51. The molecule has 0 radical (unpaired) electrons. The second-order valence-corrected chi connectivity index (χ2v) is 6.35. The second kappa shape index (κ2) is 5.54. The van der Waals surface area contributed by atoms with Crippen molar-refractivity contribution >= 4 is 15.7 Å². The van der Waals surface area contributed by atoms with Crippen LogP contribution >= 0.6 is 0 Å². The first kappa shape index (κ1) is 14.7. The highest BCUT2D eigenvalue weighted by molar-refractivity contribution is 7.89. The third kappa shape index (κ3) is 3.58. The van der Waals surface area contributed by atoms with Gasteiger partial charge in [-0.2, -0.15) is 0 Å². The molecule has 0 bridgehead atoms. The van der Waals surface area contributed by atoms with E-state index in [1.165, 1.54) is 0 Å². The third-order valence-electron chi connectivity index (χ3n) is 2.62. The van der Waals surface area contributed by atoms with Crippen LogP contribution in [0, 0.1) is 13.8 Å². The molecule has 100 valence electrons. The summed E-state index contributed by atoms with van der Waals surface area (Å²) in [5.41, 5.74) is 8.78. The molecule has 18 heavy (non-hydrogen) atoms. The standard InChI is InChI=1S/C13H20N2O2S/c1-9(2)5-6-15-18(16,17)13-8-10(3)7-12(14)11(13)4/h5,7-8,15H,6,14H2,1-4H3. The number of aryl methyl sites for hydroxylation is 1. The van der Waals surface area contributed by atoms with Gasteiger partial charge in [0.2, 0.25) is 10.0 Å². The van der Waals surface area contributed by atoms with E-state index in [0.717, 1.165) is 11.1 Å². The quantitative estimate of drug-likeness (QED) is 0.649. The van der Waals surface area contributed by atoms with Gasteiger partial charge in [-0.25, -0.2) is 13.1 Å². The summed E-state index contributed by atoms with van der Waals surface area (Å²) in [5.74, 6) is 0. The van der Waals surface area contributed by atoms with Crippen LogP contribution < -0.4 is 10.5 Å². The number of benzene rings is 1. The zero-order valence-corrected chi connectivity index (χ0v) is 12.1. The average Bonchev–Trinajstić information content (AvgIpc) is 2.22. The number of hydrogen-bond acceptors (Lipinski definition) is 3. The van der Waals surface area contributed by atoms with Gasteiger partial charge in [0, 0.05) is 12.2 Å². The maximum Gasteiger partial charge on any atom is 0.241 e. The molecule has 4 nitrogen and oxygen atoms in total. The van der Waals surface area contributed by atoms with Crippen LogP contribution in [0.3, 0.4) is 0 Å². The van der Waals surface area contributed by atoms with Gasteiger partial charge in [0.05, 0.1) is 4.90 Å². The fraction of sp³-hybridized carbons (Fsp3) is 0.385. The molecule has 1 rings (SSSR count). The van der Waals surface area contributed by atoms with E-state index in [4.69, 9.17) is 5.73 Å². The van der Waals surface area contributed by atoms with E-state index in [9.17, 15) is 8.42 Å². The monoisotopic (exact) mass is 268 g/mol. The fourth-order valence-corrected chi connectivity index (χ4v) is 2.89. The SMILES string of the molecule is CC(C)=CCNS(=O)(=O)c1cc(C)cc(N)c1C. The molecule has 0 unspecified atom stereocenters. The van der Waals surface area contributed by atoms with E-state index in [-0.39, 0.29) is 11.4 Å². The number of nitrogens with two attached hydrogens (primary N) is 1. The number of anilines is 1. The number of nitrogens with one attached hydrogen (secondary N) is 1. The number of hydrogen-bond donors (Lipinski definition) is 2. The lowest BCUT2D eigenvalue weighted by Crippen LogP contribution is -2.25. The fourth-order valence-electron chi connectivity index (χ4n) is 1.56. The predicted molar refractivity (Wildman–Crippen MR) is 74.9 cm³/mol. The van der Waals surface area contributed by atoms with Crippen molar-refractivity contribution < 1.29 is 8.42 Å². The van der Waals surface area contributed by atoms with E-state index < -0.39 is 10.0 Å². The normalized spacial score (nSPS) is 11.3. The van der Waals surface area contributed by atoms with Gasteiger partial charge < -0.3 is 5.73 Å². The van der Waals surface area contributed by atoms with Crippen molar-refractivity contribution in [3.8, 4) is 0 Å². The molecule has 0 atom stereocenters. The van der Waals surface area contributed by atoms with Crippen LogP contribution in [0.1, 0.15) is 25.0 Å². The molecule has 0 heterocycles. The Balaban J connectivity index is 3.09. The largest absolute Gasteiger partial charge is 0.398 e. The second-order valence-electron chi connectivity index (χ2n) is 4.61. The van der Waals surface area contributed by atoms with Crippen LogP contribution in [0.25, 0.3) is 0 Å². The van der Waals surface area contributed by atoms with Gasteiger partial charge in [-0.15, -0.1) is 0 Å². The van der Waals surface area contributed by atoms with Gasteiger partial charge in [0.1, 0.15) is 0 Å². The lowest BCUT2D eigenvalue weighted by molar-refractivity contribution is 0.585. The van der Waals surface area contributed by atoms with Crippen molar-refractivity contribution in [1.82, 2.24) is 4.72 Å². The minimum Gasteiger partial charge on any atom is -0.398 e. The van der Waals surface area contributed by atoms with Crippen LogP contribution in [0.5, 0.6) is 0 Å².